The summed E-state index contributed by atoms with van der Waals surface area (Å²) in [5, 5.41) is 15.5. The van der Waals surface area contributed by atoms with E-state index in [-0.39, 0.29) is 12.3 Å². The number of anilines is 1. The largest absolute Gasteiger partial charge is 0.309 e. The van der Waals surface area contributed by atoms with Crippen LogP contribution in [0.25, 0.3) is 4.96 Å². The van der Waals surface area contributed by atoms with Gasteiger partial charge in [-0.15, -0.1) is 0 Å². The van der Waals surface area contributed by atoms with Crippen LogP contribution >= 0.6 is 11.3 Å². The Morgan fingerprint density at radius 2 is 2.46 bits per heavy atom. The van der Waals surface area contributed by atoms with Crippen molar-refractivity contribution in [1.82, 2.24) is 24.8 Å². The molecular formula is C16H19N6OS. The number of amides is 1. The fraction of sp³-hybridized carbons (Fsp3) is 0.438. The number of aromatic amines is 1. The predicted molar refractivity (Wildman–Crippen MR) is 92.1 cm³/mol. The van der Waals surface area contributed by atoms with Gasteiger partial charge in [0.15, 0.2) is 5.82 Å². The van der Waals surface area contributed by atoms with Crippen LogP contribution in [0.5, 0.6) is 0 Å². The number of imidazole rings is 1. The number of carbonyl (C=O) groups excluding carboxylic acids is 1. The molecule has 1 aliphatic rings. The smallest absolute Gasteiger partial charge is 0.231 e. The van der Waals surface area contributed by atoms with Crippen LogP contribution in [-0.2, 0) is 17.6 Å². The molecule has 1 amide bonds. The van der Waals surface area contributed by atoms with Gasteiger partial charge in [-0.05, 0) is 32.1 Å². The summed E-state index contributed by atoms with van der Waals surface area (Å²) in [4.78, 5) is 17.5. The minimum Gasteiger partial charge on any atom is -0.309 e. The molecule has 1 fully saturated rings. The van der Waals surface area contributed by atoms with Gasteiger partial charge in [-0.25, -0.2) is 9.50 Å². The molecule has 1 atom stereocenters. The Morgan fingerprint density at radius 1 is 1.54 bits per heavy atom. The lowest BCUT2D eigenvalue weighted by molar-refractivity contribution is -0.115. The third-order valence-electron chi connectivity index (χ3n) is 4.25. The second-order valence-electron chi connectivity index (χ2n) is 6.04. The number of aromatic nitrogens is 5. The van der Waals surface area contributed by atoms with E-state index in [4.69, 9.17) is 0 Å². The number of fused-ring (bicyclic) bond motifs is 1. The first-order chi connectivity index (χ1) is 11.7. The molecule has 0 spiro atoms. The Morgan fingerprint density at radius 3 is 3.21 bits per heavy atom. The summed E-state index contributed by atoms with van der Waals surface area (Å²) < 4.78 is 1.75. The highest BCUT2D eigenvalue weighted by Gasteiger charge is 2.20. The van der Waals surface area contributed by atoms with Crippen LogP contribution in [0.2, 0.25) is 0 Å². The lowest BCUT2D eigenvalue weighted by Crippen LogP contribution is -2.14. The van der Waals surface area contributed by atoms with E-state index in [1.807, 2.05) is 12.3 Å². The van der Waals surface area contributed by atoms with E-state index in [9.17, 15) is 4.79 Å². The minimum atomic E-state index is -0.118. The number of H-pyrrole nitrogens is 1. The molecule has 8 heteroatoms. The van der Waals surface area contributed by atoms with Gasteiger partial charge in [-0.2, -0.15) is 10.2 Å². The number of nitrogens with one attached hydrogen (secondary N) is 2. The second kappa shape index (κ2) is 6.35. The van der Waals surface area contributed by atoms with Gasteiger partial charge in [-0.1, -0.05) is 18.3 Å². The van der Waals surface area contributed by atoms with E-state index in [0.717, 1.165) is 47.0 Å². The van der Waals surface area contributed by atoms with Crippen molar-refractivity contribution in [3.63, 3.8) is 0 Å². The fourth-order valence-electron chi connectivity index (χ4n) is 3.01. The Labute approximate surface area is 143 Å². The maximum atomic E-state index is 12.2. The number of hydrogen-bond donors (Lipinski definition) is 2. The highest BCUT2D eigenvalue weighted by Crippen LogP contribution is 2.33. The van der Waals surface area contributed by atoms with Crippen LogP contribution in [0.1, 0.15) is 48.5 Å². The Bertz CT molecular complexity index is 826. The standard InChI is InChI=1S/C16H19N6OS/c1-2-15-21-22-9-11(17-16(22)24-15)7-14(23)18-13-8-12(19-20-13)10-5-3-4-6-10/h3,8-10H,2,4-7H2,1H3,(H2,18,19,20,23)/t10-/m0/s1. The summed E-state index contributed by atoms with van der Waals surface area (Å²) in [6.07, 6.45) is 8.60. The molecule has 4 rings (SSSR count). The molecule has 3 aromatic rings. The lowest BCUT2D eigenvalue weighted by Gasteiger charge is -2.03. The quantitative estimate of drug-likeness (QED) is 0.745. The van der Waals surface area contributed by atoms with Gasteiger partial charge in [0, 0.05) is 17.7 Å². The molecule has 1 aliphatic carbocycles. The van der Waals surface area contributed by atoms with Crippen LogP contribution in [-0.4, -0.2) is 30.7 Å². The van der Waals surface area contributed by atoms with Gasteiger partial charge >= 0.3 is 0 Å². The molecule has 0 saturated heterocycles. The van der Waals surface area contributed by atoms with E-state index in [1.165, 1.54) is 0 Å². The number of carbonyl (C=O) groups is 1. The first-order valence-electron chi connectivity index (χ1n) is 8.22. The number of nitrogens with zero attached hydrogens (tertiary/aromatic N) is 4. The van der Waals surface area contributed by atoms with Crippen LogP contribution in [0.3, 0.4) is 0 Å². The van der Waals surface area contributed by atoms with Crippen LogP contribution < -0.4 is 5.32 Å². The van der Waals surface area contributed by atoms with E-state index in [2.05, 4.69) is 38.9 Å². The fourth-order valence-corrected chi connectivity index (χ4v) is 3.85. The van der Waals surface area contributed by atoms with E-state index in [1.54, 1.807) is 15.9 Å². The van der Waals surface area contributed by atoms with Crippen LogP contribution in [0, 0.1) is 6.42 Å². The SMILES string of the molecule is CCc1nn2cc(CC(=O)Nc3cc([C@H]4C[CH]CC4)[nH]n3)nc2s1. The average molecular weight is 343 g/mol. The molecule has 0 aliphatic heterocycles. The van der Waals surface area contributed by atoms with Crippen LogP contribution in [0.4, 0.5) is 5.82 Å². The maximum Gasteiger partial charge on any atom is 0.231 e. The molecule has 0 aromatic carbocycles. The monoisotopic (exact) mass is 343 g/mol. The zero-order valence-corrected chi connectivity index (χ0v) is 14.3. The summed E-state index contributed by atoms with van der Waals surface area (Å²) in [5.41, 5.74) is 1.81. The molecule has 3 aromatic heterocycles. The second-order valence-corrected chi connectivity index (χ2v) is 7.08. The van der Waals surface area contributed by atoms with Gasteiger partial charge in [0.25, 0.3) is 0 Å². The predicted octanol–water partition coefficient (Wildman–Crippen LogP) is 2.73. The molecule has 125 valence electrons. The van der Waals surface area contributed by atoms with Crippen molar-refractivity contribution in [2.45, 2.75) is 44.9 Å². The normalized spacial score (nSPS) is 15.4. The van der Waals surface area contributed by atoms with Crippen molar-refractivity contribution in [2.75, 3.05) is 5.32 Å². The van der Waals surface area contributed by atoms with E-state index >= 15 is 0 Å². The first kappa shape index (κ1) is 15.3. The van der Waals surface area contributed by atoms with Crippen molar-refractivity contribution < 1.29 is 4.79 Å². The maximum absolute atomic E-state index is 12.2. The Balaban J connectivity index is 1.39. The Kier molecular flexibility index (Phi) is 4.05. The summed E-state index contributed by atoms with van der Waals surface area (Å²) in [6.45, 7) is 2.06. The molecule has 3 heterocycles. The molecule has 2 N–H and O–H groups in total. The van der Waals surface area contributed by atoms with Gasteiger partial charge < -0.3 is 5.32 Å². The summed E-state index contributed by atoms with van der Waals surface area (Å²) in [6, 6.07) is 1.93. The average Bonchev–Trinajstić information content (AvgIpc) is 3.30. The van der Waals surface area contributed by atoms with Crippen molar-refractivity contribution in [3.05, 3.63) is 35.1 Å². The van der Waals surface area contributed by atoms with Crippen molar-refractivity contribution in [2.24, 2.45) is 0 Å². The number of aryl methyl sites for hydroxylation is 1. The zero-order valence-electron chi connectivity index (χ0n) is 13.5. The van der Waals surface area contributed by atoms with E-state index in [0.29, 0.717) is 11.7 Å². The molecule has 1 saturated carbocycles. The lowest BCUT2D eigenvalue weighted by atomic mass is 10.0. The van der Waals surface area contributed by atoms with Gasteiger partial charge in [-0.3, -0.25) is 9.89 Å². The molecule has 7 nitrogen and oxygen atoms in total. The van der Waals surface area contributed by atoms with Gasteiger partial charge in [0.2, 0.25) is 10.9 Å². The minimum absolute atomic E-state index is 0.118. The number of rotatable bonds is 5. The van der Waals surface area contributed by atoms with Crippen molar-refractivity contribution >= 4 is 28.0 Å². The highest BCUT2D eigenvalue weighted by atomic mass is 32.1. The Hall–Kier alpha value is -2.22. The van der Waals surface area contributed by atoms with E-state index < -0.39 is 0 Å². The highest BCUT2D eigenvalue weighted by molar-refractivity contribution is 7.16. The van der Waals surface area contributed by atoms with Gasteiger partial charge in [0.1, 0.15) is 5.01 Å². The van der Waals surface area contributed by atoms with Crippen molar-refractivity contribution in [1.29, 1.82) is 0 Å². The molecular weight excluding hydrogens is 324 g/mol. The summed E-state index contributed by atoms with van der Waals surface area (Å²) in [7, 11) is 0. The third-order valence-corrected chi connectivity index (χ3v) is 5.32. The van der Waals surface area contributed by atoms with Crippen LogP contribution in [0.15, 0.2) is 12.3 Å². The first-order valence-corrected chi connectivity index (χ1v) is 9.03. The molecule has 0 bridgehead atoms. The van der Waals surface area contributed by atoms with Gasteiger partial charge in [0.05, 0.1) is 18.3 Å². The zero-order chi connectivity index (χ0) is 16.5. The molecule has 0 unspecified atom stereocenters. The summed E-state index contributed by atoms with van der Waals surface area (Å²) in [5.74, 6) is 0.962. The topological polar surface area (TPSA) is 88.0 Å². The molecule has 24 heavy (non-hydrogen) atoms. The van der Waals surface area contributed by atoms with Crippen molar-refractivity contribution in [3.8, 4) is 0 Å². The number of hydrogen-bond acceptors (Lipinski definition) is 5. The molecule has 1 radical (unpaired) electrons. The third kappa shape index (κ3) is 3.06. The summed E-state index contributed by atoms with van der Waals surface area (Å²) >= 11 is 1.56.